The number of hydrogen-bond acceptors (Lipinski definition) is 5. The average molecular weight is 319 g/mol. The van der Waals surface area contributed by atoms with Crippen LogP contribution >= 0.6 is 23.2 Å². The van der Waals surface area contributed by atoms with Gasteiger partial charge in [-0.05, 0) is 19.9 Å². The summed E-state index contributed by atoms with van der Waals surface area (Å²) in [7, 11) is 1.31. The van der Waals surface area contributed by atoms with Crippen molar-refractivity contribution in [2.75, 3.05) is 31.8 Å². The Labute approximate surface area is 127 Å². The molecule has 0 atom stereocenters. The SMILES string of the molecule is COC(=O)c1c(Cl)cc(Cl)nc1N1CCOCC1(C)C. The molecule has 20 heavy (non-hydrogen) atoms. The van der Waals surface area contributed by atoms with Crippen LogP contribution in [-0.2, 0) is 9.47 Å². The number of carbonyl (C=O) groups is 1. The van der Waals surface area contributed by atoms with E-state index in [1.54, 1.807) is 0 Å². The zero-order valence-electron chi connectivity index (χ0n) is 11.6. The van der Waals surface area contributed by atoms with Crippen LogP contribution in [0.4, 0.5) is 5.82 Å². The van der Waals surface area contributed by atoms with Gasteiger partial charge in [0.05, 0.1) is 30.9 Å². The van der Waals surface area contributed by atoms with E-state index in [0.29, 0.717) is 25.6 Å². The van der Waals surface area contributed by atoms with Gasteiger partial charge in [-0.15, -0.1) is 0 Å². The number of halogens is 2. The Morgan fingerprint density at radius 1 is 1.50 bits per heavy atom. The number of carbonyl (C=O) groups excluding carboxylic acids is 1. The van der Waals surface area contributed by atoms with Gasteiger partial charge in [0, 0.05) is 6.54 Å². The maximum atomic E-state index is 12.0. The highest BCUT2D eigenvalue weighted by Crippen LogP contribution is 2.34. The molecule has 0 spiro atoms. The van der Waals surface area contributed by atoms with Crippen LogP contribution in [0.3, 0.4) is 0 Å². The Morgan fingerprint density at radius 2 is 2.20 bits per heavy atom. The fourth-order valence-corrected chi connectivity index (χ4v) is 2.72. The third kappa shape index (κ3) is 2.85. The molecule has 2 heterocycles. The van der Waals surface area contributed by atoms with Crippen LogP contribution in [0.2, 0.25) is 10.2 Å². The van der Waals surface area contributed by atoms with Crippen molar-refractivity contribution in [3.63, 3.8) is 0 Å². The van der Waals surface area contributed by atoms with Crippen LogP contribution in [0.5, 0.6) is 0 Å². The lowest BCUT2D eigenvalue weighted by atomic mass is 10.0. The fraction of sp³-hybridized carbons (Fsp3) is 0.538. The molecule has 0 unspecified atom stereocenters. The number of methoxy groups -OCH3 is 1. The maximum Gasteiger partial charge on any atom is 0.343 e. The van der Waals surface area contributed by atoms with Crippen molar-refractivity contribution in [3.8, 4) is 0 Å². The molecule has 1 saturated heterocycles. The highest BCUT2D eigenvalue weighted by atomic mass is 35.5. The van der Waals surface area contributed by atoms with Crippen molar-refractivity contribution in [1.29, 1.82) is 0 Å². The Hall–Kier alpha value is -1.04. The van der Waals surface area contributed by atoms with E-state index in [9.17, 15) is 4.79 Å². The van der Waals surface area contributed by atoms with Gasteiger partial charge in [0.25, 0.3) is 0 Å². The summed E-state index contributed by atoms with van der Waals surface area (Å²) in [6.07, 6.45) is 0. The molecule has 0 N–H and O–H groups in total. The van der Waals surface area contributed by atoms with Gasteiger partial charge in [0.15, 0.2) is 0 Å². The molecule has 110 valence electrons. The topological polar surface area (TPSA) is 51.7 Å². The van der Waals surface area contributed by atoms with Gasteiger partial charge in [-0.2, -0.15) is 0 Å². The fourth-order valence-electron chi connectivity index (χ4n) is 2.21. The van der Waals surface area contributed by atoms with Crippen molar-refractivity contribution in [3.05, 3.63) is 21.8 Å². The van der Waals surface area contributed by atoms with Crippen molar-refractivity contribution in [2.45, 2.75) is 19.4 Å². The molecule has 1 fully saturated rings. The average Bonchev–Trinajstić information content (AvgIpc) is 2.36. The van der Waals surface area contributed by atoms with Crippen LogP contribution in [0.1, 0.15) is 24.2 Å². The van der Waals surface area contributed by atoms with E-state index < -0.39 is 5.97 Å². The van der Waals surface area contributed by atoms with Gasteiger partial charge in [0.2, 0.25) is 0 Å². The smallest absolute Gasteiger partial charge is 0.343 e. The minimum absolute atomic E-state index is 0.230. The van der Waals surface area contributed by atoms with Gasteiger partial charge in [0.1, 0.15) is 16.5 Å². The third-order valence-corrected chi connectivity index (χ3v) is 3.70. The first-order valence-corrected chi connectivity index (χ1v) is 6.92. The number of morpholine rings is 1. The van der Waals surface area contributed by atoms with Crippen molar-refractivity contribution in [2.24, 2.45) is 0 Å². The summed E-state index contributed by atoms with van der Waals surface area (Å²) in [6, 6.07) is 1.44. The summed E-state index contributed by atoms with van der Waals surface area (Å²) in [5.41, 5.74) is -0.0873. The molecule has 0 saturated carbocycles. The number of aromatic nitrogens is 1. The van der Waals surface area contributed by atoms with E-state index in [0.717, 1.165) is 0 Å². The summed E-state index contributed by atoms with van der Waals surface area (Å²) in [4.78, 5) is 18.2. The number of ether oxygens (including phenoxy) is 2. The predicted molar refractivity (Wildman–Crippen MR) is 77.8 cm³/mol. The van der Waals surface area contributed by atoms with Crippen LogP contribution in [0.25, 0.3) is 0 Å². The molecule has 7 heteroatoms. The third-order valence-electron chi connectivity index (χ3n) is 3.21. The second kappa shape index (κ2) is 5.76. The molecule has 1 aromatic heterocycles. The van der Waals surface area contributed by atoms with Gasteiger partial charge >= 0.3 is 5.97 Å². The van der Waals surface area contributed by atoms with Crippen molar-refractivity contribution >= 4 is 35.0 Å². The Kier molecular flexibility index (Phi) is 4.42. The highest BCUT2D eigenvalue weighted by Gasteiger charge is 2.35. The van der Waals surface area contributed by atoms with E-state index >= 15 is 0 Å². The molecule has 1 aliphatic rings. The summed E-state index contributed by atoms with van der Waals surface area (Å²) < 4.78 is 10.3. The molecule has 5 nitrogen and oxygen atoms in total. The minimum atomic E-state index is -0.531. The number of anilines is 1. The van der Waals surface area contributed by atoms with E-state index in [1.165, 1.54) is 13.2 Å². The van der Waals surface area contributed by atoms with Crippen molar-refractivity contribution < 1.29 is 14.3 Å². The zero-order valence-corrected chi connectivity index (χ0v) is 13.1. The molecule has 0 aromatic carbocycles. The van der Waals surface area contributed by atoms with Crippen molar-refractivity contribution in [1.82, 2.24) is 4.98 Å². The molecule has 1 aliphatic heterocycles. The monoisotopic (exact) mass is 318 g/mol. The van der Waals surface area contributed by atoms with Crippen LogP contribution < -0.4 is 4.90 Å². The van der Waals surface area contributed by atoms with E-state index in [-0.39, 0.29) is 21.3 Å². The van der Waals surface area contributed by atoms with E-state index in [4.69, 9.17) is 32.7 Å². The van der Waals surface area contributed by atoms with E-state index in [2.05, 4.69) is 4.98 Å². The summed E-state index contributed by atoms with van der Waals surface area (Å²) in [5.74, 6) is -0.0980. The molecular formula is C13H16Cl2N2O3. The first-order valence-electron chi connectivity index (χ1n) is 6.16. The molecule has 0 amide bonds. The second-order valence-electron chi connectivity index (χ2n) is 5.13. The molecule has 0 aliphatic carbocycles. The minimum Gasteiger partial charge on any atom is -0.465 e. The Balaban J connectivity index is 2.57. The standard InChI is InChI=1S/C13H16Cl2N2O3/c1-13(2)7-20-5-4-17(13)11-10(12(18)19-3)8(14)6-9(15)16-11/h6H,4-5,7H2,1-3H3. The molecule has 0 bridgehead atoms. The molecule has 2 rings (SSSR count). The molecular weight excluding hydrogens is 303 g/mol. The highest BCUT2D eigenvalue weighted by molar-refractivity contribution is 6.36. The molecule has 0 radical (unpaired) electrons. The Bertz CT molecular complexity index is 535. The Morgan fingerprint density at radius 3 is 2.80 bits per heavy atom. The summed E-state index contributed by atoms with van der Waals surface area (Å²) in [6.45, 7) is 5.68. The largest absolute Gasteiger partial charge is 0.465 e. The van der Waals surface area contributed by atoms with Gasteiger partial charge in [-0.1, -0.05) is 23.2 Å². The van der Waals surface area contributed by atoms with E-state index in [1.807, 2.05) is 18.7 Å². The first kappa shape index (κ1) is 15.4. The maximum absolute atomic E-state index is 12.0. The normalized spacial score (nSPS) is 17.9. The predicted octanol–water partition coefficient (Wildman–Crippen LogP) is 2.79. The molecule has 1 aromatic rings. The van der Waals surface area contributed by atoms with Gasteiger partial charge in [-0.3, -0.25) is 0 Å². The number of esters is 1. The number of rotatable bonds is 2. The number of pyridine rings is 1. The number of nitrogens with zero attached hydrogens (tertiary/aromatic N) is 2. The first-order chi connectivity index (χ1) is 9.36. The van der Waals surface area contributed by atoms with Crippen LogP contribution in [0, 0.1) is 0 Å². The zero-order chi connectivity index (χ0) is 14.9. The number of hydrogen-bond donors (Lipinski definition) is 0. The summed E-state index contributed by atoms with van der Waals surface area (Å²) >= 11 is 12.1. The lowest BCUT2D eigenvalue weighted by Crippen LogP contribution is -2.54. The van der Waals surface area contributed by atoms with Gasteiger partial charge in [-0.25, -0.2) is 9.78 Å². The lowest BCUT2D eigenvalue weighted by molar-refractivity contribution is 0.0582. The second-order valence-corrected chi connectivity index (χ2v) is 5.93. The van der Waals surface area contributed by atoms with Gasteiger partial charge < -0.3 is 14.4 Å². The van der Waals surface area contributed by atoms with Crippen LogP contribution in [-0.4, -0.2) is 43.4 Å². The van der Waals surface area contributed by atoms with Crippen LogP contribution in [0.15, 0.2) is 6.07 Å². The summed E-state index contributed by atoms with van der Waals surface area (Å²) in [5, 5.41) is 0.467. The lowest BCUT2D eigenvalue weighted by Gasteiger charge is -2.43. The quantitative estimate of drug-likeness (QED) is 0.620.